The molecule has 6 nitrogen and oxygen atoms in total. The van der Waals surface area contributed by atoms with Crippen molar-refractivity contribution in [2.75, 3.05) is 41.2 Å². The van der Waals surface area contributed by atoms with Gasteiger partial charge in [0, 0.05) is 51.5 Å². The van der Waals surface area contributed by atoms with Gasteiger partial charge in [-0.05, 0) is 252 Å². The fraction of sp³-hybridized carbons (Fsp3) is 0.240. The van der Waals surface area contributed by atoms with Gasteiger partial charge in [-0.3, -0.25) is 0 Å². The van der Waals surface area contributed by atoms with Crippen molar-refractivity contribution >= 4 is 136 Å². The van der Waals surface area contributed by atoms with Gasteiger partial charge in [-0.2, -0.15) is 0 Å². The molecule has 0 radical (unpaired) electrons. The van der Waals surface area contributed by atoms with E-state index in [0.29, 0.717) is 19.8 Å². The molecule has 0 N–H and O–H groups in total. The van der Waals surface area contributed by atoms with Crippen molar-refractivity contribution in [2.45, 2.75) is 120 Å². The van der Waals surface area contributed by atoms with Crippen molar-refractivity contribution in [1.82, 2.24) is 0 Å². The number of rotatable bonds is 25. The summed E-state index contributed by atoms with van der Waals surface area (Å²) in [6.45, 7) is 19.7. The van der Waals surface area contributed by atoms with Crippen molar-refractivity contribution in [3.8, 4) is 44.5 Å². The summed E-state index contributed by atoms with van der Waals surface area (Å²) in [6.07, 6.45) is 11.3. The second-order valence-corrected chi connectivity index (χ2v) is 34.8. The van der Waals surface area contributed by atoms with Crippen LogP contribution >= 0.6 is 0 Å². The van der Waals surface area contributed by atoms with Crippen LogP contribution in [-0.2, 0) is 33.0 Å². The smallest absolute Gasteiger partial charge is 0.373 e. The molecule has 108 heavy (non-hydrogen) atoms. The minimum atomic E-state index is -3.38. The quantitative estimate of drug-likeness (QED) is 0.0323. The SMILES string of the molecule is CCCCCCCCc1ccc2c(-c3cccc4ccccc34)c3c(-c4cccc5ccccc45)c4ccc([Si](OC)(OC)OC)cc4c(-c4cccc5ccccc45)c3c(-c3cccc4ccccc34)c2c1.CCCO[Si](OCCC)(OCCC)c1ccc2c(C)c3c(C)c4ccccc4c(C)c3c(C)c2c1. The van der Waals surface area contributed by atoms with E-state index in [1.54, 1.807) is 21.3 Å². The summed E-state index contributed by atoms with van der Waals surface area (Å²) >= 11 is 0. The molecule has 16 rings (SSSR count). The first kappa shape index (κ1) is 73.8. The fourth-order valence-corrected chi connectivity index (χ4v) is 22.3. The molecule has 0 aliphatic rings. The van der Waals surface area contributed by atoms with Gasteiger partial charge in [0.2, 0.25) is 0 Å². The third kappa shape index (κ3) is 13.3. The number of hydrogen-bond acceptors (Lipinski definition) is 6. The molecule has 0 unspecified atom stereocenters. The van der Waals surface area contributed by atoms with E-state index in [1.165, 1.54) is 201 Å². The zero-order chi connectivity index (χ0) is 74.6. The highest BCUT2D eigenvalue weighted by Crippen LogP contribution is 2.57. The number of fused-ring (bicyclic) bond motifs is 10. The van der Waals surface area contributed by atoms with Gasteiger partial charge in [-0.25, -0.2) is 0 Å². The van der Waals surface area contributed by atoms with Crippen LogP contribution in [0.15, 0.2) is 249 Å². The van der Waals surface area contributed by atoms with Gasteiger partial charge >= 0.3 is 17.6 Å². The maximum Gasteiger partial charge on any atom is 0.537 e. The van der Waals surface area contributed by atoms with Crippen LogP contribution < -0.4 is 10.4 Å². The maximum atomic E-state index is 6.47. The van der Waals surface area contributed by atoms with Crippen LogP contribution in [0.2, 0.25) is 0 Å². The zero-order valence-electron chi connectivity index (χ0n) is 64.8. The van der Waals surface area contributed by atoms with Gasteiger partial charge < -0.3 is 26.6 Å². The lowest BCUT2D eigenvalue weighted by Crippen LogP contribution is -2.57. The number of benzene rings is 16. The molecule has 0 aliphatic heterocycles. The molecular weight excluding hydrogens is 1350 g/mol. The van der Waals surface area contributed by atoms with Crippen LogP contribution in [0.1, 0.15) is 113 Å². The van der Waals surface area contributed by atoms with E-state index in [9.17, 15) is 0 Å². The molecule has 0 aromatic heterocycles. The predicted octanol–water partition coefficient (Wildman–Crippen LogP) is 26.2. The van der Waals surface area contributed by atoms with Crippen molar-refractivity contribution in [3.63, 3.8) is 0 Å². The minimum Gasteiger partial charge on any atom is -0.373 e. The van der Waals surface area contributed by atoms with Crippen LogP contribution in [0.5, 0.6) is 0 Å². The molecule has 0 saturated heterocycles. The van der Waals surface area contributed by atoms with E-state index >= 15 is 0 Å². The first-order valence-electron chi connectivity index (χ1n) is 39.3. The molecule has 0 heterocycles. The third-order valence-electron chi connectivity index (χ3n) is 22.8. The second-order valence-electron chi connectivity index (χ2n) is 29.3. The molecule has 0 amide bonds. The highest BCUT2D eigenvalue weighted by molar-refractivity contribution is 6.76. The molecule has 544 valence electrons. The number of unbranched alkanes of at least 4 members (excludes halogenated alkanes) is 5. The van der Waals surface area contributed by atoms with Crippen molar-refractivity contribution in [2.24, 2.45) is 0 Å². The molecule has 16 aromatic carbocycles. The zero-order valence-corrected chi connectivity index (χ0v) is 66.8. The van der Waals surface area contributed by atoms with E-state index < -0.39 is 17.6 Å². The van der Waals surface area contributed by atoms with Gasteiger partial charge in [-0.15, -0.1) is 0 Å². The fourth-order valence-electron chi connectivity index (χ4n) is 17.7. The van der Waals surface area contributed by atoms with Crippen molar-refractivity contribution in [3.05, 3.63) is 277 Å². The Labute approximate surface area is 639 Å². The summed E-state index contributed by atoms with van der Waals surface area (Å²) in [6, 6.07) is 92.9. The summed E-state index contributed by atoms with van der Waals surface area (Å²) in [5.74, 6) is 0. The van der Waals surface area contributed by atoms with Gasteiger partial charge in [0.25, 0.3) is 0 Å². The normalized spacial score (nSPS) is 12.2. The summed E-state index contributed by atoms with van der Waals surface area (Å²) in [4.78, 5) is 0. The Morgan fingerprint density at radius 1 is 0.250 bits per heavy atom. The molecule has 8 heteroatoms. The Balaban J connectivity index is 0.000000223. The largest absolute Gasteiger partial charge is 0.537 e. The average molecular weight is 1450 g/mol. The highest BCUT2D eigenvalue weighted by Gasteiger charge is 2.45. The molecule has 16 aromatic rings. The Morgan fingerprint density at radius 3 is 0.972 bits per heavy atom. The number of hydrogen-bond donors (Lipinski definition) is 0. The second kappa shape index (κ2) is 32.2. The summed E-state index contributed by atoms with van der Waals surface area (Å²) in [7, 11) is -1.28. The molecule has 0 bridgehead atoms. The van der Waals surface area contributed by atoms with E-state index in [2.05, 4.69) is 304 Å². The molecule has 0 aliphatic carbocycles. The van der Waals surface area contributed by atoms with E-state index in [4.69, 9.17) is 26.6 Å². The van der Waals surface area contributed by atoms with Crippen LogP contribution in [0.4, 0.5) is 0 Å². The number of aryl methyl sites for hydroxylation is 5. The first-order chi connectivity index (χ1) is 52.9. The lowest BCUT2D eigenvalue weighted by atomic mass is 9.75. The highest BCUT2D eigenvalue weighted by atomic mass is 28.4. The third-order valence-corrected chi connectivity index (χ3v) is 28.2. The topological polar surface area (TPSA) is 55.4 Å². The molecule has 0 spiro atoms. The Hall–Kier alpha value is -9.69. The van der Waals surface area contributed by atoms with Crippen LogP contribution in [0.25, 0.3) is 152 Å². The van der Waals surface area contributed by atoms with Gasteiger partial charge in [-0.1, -0.05) is 296 Å². The van der Waals surface area contributed by atoms with Gasteiger partial charge in [0.1, 0.15) is 0 Å². The van der Waals surface area contributed by atoms with Crippen LogP contribution in [-0.4, -0.2) is 58.8 Å². The summed E-state index contributed by atoms with van der Waals surface area (Å²) < 4.78 is 38.4. The summed E-state index contributed by atoms with van der Waals surface area (Å²) in [5, 5.41) is 26.8. The lowest BCUT2D eigenvalue weighted by Gasteiger charge is -2.30. The first-order valence-corrected chi connectivity index (χ1v) is 42.8. The Morgan fingerprint density at radius 2 is 0.565 bits per heavy atom. The standard InChI is InChI=1S/C69H60O3Si.C31H40O3Si/c1-5-6-7-8-9-10-23-46-40-42-60-62(44-46)66(58-38-21-30-49-26-13-17-34-54(49)58)69-67(59-39-22-31-50-27-14-18-35-55(50)59)63-45-51(73(70-2,71-3)72-4)41-43-61(63)65(57-37-20-29-48-25-12-16-33-53(48)57)68(69)64(60)56-36-19-28-47-24-11-15-32-52(47)56;1-8-17-32-35(33-18-9-2,34-19-10-3)25-15-16-28-23(6)30-21(4)26-13-11-12-14-27(26)22(5)31(30)24(7)29(28)20-25/h11-22,24-45H,5-10,23H2,1-4H3;11-16,20H,8-10,17-19H2,1-7H3. The van der Waals surface area contributed by atoms with Crippen molar-refractivity contribution in [1.29, 1.82) is 0 Å². The molecule has 0 atom stereocenters. The van der Waals surface area contributed by atoms with E-state index in [1.807, 2.05) is 0 Å². The van der Waals surface area contributed by atoms with Gasteiger partial charge in [0.15, 0.2) is 0 Å². The molecule has 0 saturated carbocycles. The van der Waals surface area contributed by atoms with Crippen LogP contribution in [0, 0.1) is 27.7 Å². The monoisotopic (exact) mass is 1450 g/mol. The summed E-state index contributed by atoms with van der Waals surface area (Å²) in [5.41, 5.74) is 16.4. The molecular formula is C100H100O6Si2. The van der Waals surface area contributed by atoms with E-state index in [-0.39, 0.29) is 0 Å². The van der Waals surface area contributed by atoms with Crippen LogP contribution in [0.3, 0.4) is 0 Å². The maximum absolute atomic E-state index is 6.47. The predicted molar refractivity (Wildman–Crippen MR) is 466 cm³/mol. The average Bonchev–Trinajstić information content (AvgIpc) is 0.688. The van der Waals surface area contributed by atoms with Crippen molar-refractivity contribution < 1.29 is 26.6 Å². The molecule has 0 fully saturated rings. The Kier molecular flexibility index (Phi) is 22.0. The van der Waals surface area contributed by atoms with Gasteiger partial charge in [0.05, 0.1) is 0 Å². The minimum absolute atomic E-state index is 0.637. The Bertz CT molecular complexity index is 6000. The lowest BCUT2D eigenvalue weighted by molar-refractivity contribution is 0.0732. The van der Waals surface area contributed by atoms with E-state index in [0.717, 1.165) is 53.3 Å².